The Hall–Kier alpha value is -2.41. The lowest BCUT2D eigenvalue weighted by molar-refractivity contribution is 0.0695. The van der Waals surface area contributed by atoms with E-state index in [9.17, 15) is 19.1 Å². The van der Waals surface area contributed by atoms with Crippen LogP contribution in [0.4, 0.5) is 10.1 Å². The van der Waals surface area contributed by atoms with E-state index in [2.05, 4.69) is 11.8 Å². The second kappa shape index (κ2) is 5.54. The lowest BCUT2D eigenvalue weighted by atomic mass is 9.90. The Morgan fingerprint density at radius 2 is 1.96 bits per heavy atom. The molecule has 4 rings (SSSR count). The van der Waals surface area contributed by atoms with Crippen molar-refractivity contribution in [3.63, 3.8) is 0 Å². The number of hydrogen-bond donors (Lipinski definition) is 1. The van der Waals surface area contributed by atoms with Crippen LogP contribution in [0.3, 0.4) is 0 Å². The summed E-state index contributed by atoms with van der Waals surface area (Å²) in [5.41, 5.74) is 0.133. The topological polar surface area (TPSA) is 65.8 Å². The van der Waals surface area contributed by atoms with E-state index in [0.717, 1.165) is 12.8 Å². The van der Waals surface area contributed by atoms with Gasteiger partial charge < -0.3 is 19.5 Å². The number of aromatic nitrogens is 1. The number of carboxylic acid groups (broad SMARTS) is 1. The van der Waals surface area contributed by atoms with Crippen molar-refractivity contribution in [2.45, 2.75) is 31.3 Å². The van der Waals surface area contributed by atoms with Crippen LogP contribution in [-0.2, 0) is 0 Å². The first-order valence-electron chi connectivity index (χ1n) is 8.75. The maximum absolute atomic E-state index is 14.8. The van der Waals surface area contributed by atoms with E-state index < -0.39 is 17.2 Å². The quantitative estimate of drug-likeness (QED) is 0.908. The maximum Gasteiger partial charge on any atom is 0.341 e. The molecule has 2 aliphatic rings. The van der Waals surface area contributed by atoms with Crippen molar-refractivity contribution in [3.05, 3.63) is 39.9 Å². The van der Waals surface area contributed by atoms with Crippen molar-refractivity contribution < 1.29 is 14.3 Å². The zero-order chi connectivity index (χ0) is 18.8. The first kappa shape index (κ1) is 17.0. The molecule has 1 N–H and O–H groups in total. The van der Waals surface area contributed by atoms with Gasteiger partial charge in [0, 0.05) is 30.7 Å². The number of anilines is 1. The Kier molecular flexibility index (Phi) is 3.63. The van der Waals surface area contributed by atoms with E-state index in [-0.39, 0.29) is 22.5 Å². The SMILES string of the molecule is CN(C)C1(C)CN(c2cc3c(cc2F)c(=O)c(C(=O)O)cn3C2CC2)C1. The first-order chi connectivity index (χ1) is 12.2. The van der Waals surface area contributed by atoms with Crippen molar-refractivity contribution in [3.8, 4) is 0 Å². The van der Waals surface area contributed by atoms with Crippen LogP contribution in [0.2, 0.25) is 0 Å². The number of carboxylic acids is 1. The lowest BCUT2D eigenvalue weighted by Crippen LogP contribution is -2.67. The summed E-state index contributed by atoms with van der Waals surface area (Å²) in [5, 5.41) is 9.43. The summed E-state index contributed by atoms with van der Waals surface area (Å²) < 4.78 is 16.6. The second-order valence-corrected chi connectivity index (χ2v) is 7.88. The first-order valence-corrected chi connectivity index (χ1v) is 8.75. The zero-order valence-corrected chi connectivity index (χ0v) is 15.1. The fourth-order valence-corrected chi connectivity index (χ4v) is 3.64. The number of hydrogen-bond acceptors (Lipinski definition) is 4. The second-order valence-electron chi connectivity index (χ2n) is 7.88. The molecule has 1 saturated carbocycles. The normalized spacial score (nSPS) is 19.0. The van der Waals surface area contributed by atoms with Crippen molar-refractivity contribution in [2.75, 3.05) is 32.1 Å². The number of likely N-dealkylation sites (N-methyl/N-ethyl adjacent to an activating group) is 1. The van der Waals surface area contributed by atoms with Crippen LogP contribution >= 0.6 is 0 Å². The summed E-state index contributed by atoms with van der Waals surface area (Å²) in [6.45, 7) is 3.52. The third-order valence-electron chi connectivity index (χ3n) is 5.75. The molecular weight excluding hydrogens is 337 g/mol. The molecule has 0 unspecified atom stereocenters. The predicted octanol–water partition coefficient (Wildman–Crippen LogP) is 2.31. The van der Waals surface area contributed by atoms with Crippen LogP contribution in [0.5, 0.6) is 0 Å². The van der Waals surface area contributed by atoms with Crippen molar-refractivity contribution in [1.29, 1.82) is 0 Å². The summed E-state index contributed by atoms with van der Waals surface area (Å²) in [5.74, 6) is -1.76. The number of pyridine rings is 1. The van der Waals surface area contributed by atoms with Gasteiger partial charge in [-0.2, -0.15) is 0 Å². The minimum Gasteiger partial charge on any atom is -0.477 e. The minimum absolute atomic E-state index is 0.00920. The fraction of sp³-hybridized carbons (Fsp3) is 0.474. The van der Waals surface area contributed by atoms with E-state index >= 15 is 0 Å². The molecule has 1 aromatic heterocycles. The van der Waals surface area contributed by atoms with Crippen LogP contribution in [0.15, 0.2) is 23.1 Å². The van der Waals surface area contributed by atoms with Gasteiger partial charge in [0.05, 0.1) is 16.7 Å². The summed E-state index contributed by atoms with van der Waals surface area (Å²) in [4.78, 5) is 28.0. The average molecular weight is 359 g/mol. The molecule has 0 atom stereocenters. The largest absolute Gasteiger partial charge is 0.477 e. The summed E-state index contributed by atoms with van der Waals surface area (Å²) in [7, 11) is 4.01. The van der Waals surface area contributed by atoms with Gasteiger partial charge in [-0.15, -0.1) is 0 Å². The monoisotopic (exact) mass is 359 g/mol. The number of nitrogens with zero attached hydrogens (tertiary/aromatic N) is 3. The van der Waals surface area contributed by atoms with E-state index in [4.69, 9.17) is 0 Å². The molecule has 2 aromatic rings. The molecule has 0 radical (unpaired) electrons. The Morgan fingerprint density at radius 3 is 2.50 bits per heavy atom. The van der Waals surface area contributed by atoms with Gasteiger partial charge in [0.1, 0.15) is 11.4 Å². The van der Waals surface area contributed by atoms with E-state index in [1.54, 1.807) is 6.07 Å². The Morgan fingerprint density at radius 1 is 1.31 bits per heavy atom. The predicted molar refractivity (Wildman–Crippen MR) is 97.7 cm³/mol. The highest BCUT2D eigenvalue weighted by molar-refractivity contribution is 5.93. The molecule has 0 amide bonds. The standard InChI is InChI=1S/C19H22FN3O3/c1-19(21(2)3)9-22(10-19)16-7-15-12(6-14(16)20)17(24)13(18(25)26)8-23(15)11-4-5-11/h6-8,11H,4-5,9-10H2,1-3H3,(H,25,26). The Balaban J connectivity index is 1.84. The molecule has 0 bridgehead atoms. The van der Waals surface area contributed by atoms with Gasteiger partial charge in [-0.3, -0.25) is 4.79 Å². The number of carbonyl (C=O) groups is 1. The third-order valence-corrected chi connectivity index (χ3v) is 5.75. The Bertz CT molecular complexity index is 972. The van der Waals surface area contributed by atoms with Gasteiger partial charge in [-0.1, -0.05) is 0 Å². The van der Waals surface area contributed by atoms with E-state index in [1.165, 1.54) is 12.3 Å². The van der Waals surface area contributed by atoms with Gasteiger partial charge in [0.15, 0.2) is 0 Å². The summed E-state index contributed by atoms with van der Waals surface area (Å²) >= 11 is 0. The van der Waals surface area contributed by atoms with Gasteiger partial charge >= 0.3 is 5.97 Å². The number of benzene rings is 1. The number of rotatable bonds is 4. The van der Waals surface area contributed by atoms with Gasteiger partial charge in [0.25, 0.3) is 0 Å². The Labute approximate surface area is 150 Å². The molecule has 1 aliphatic carbocycles. The molecule has 1 aromatic carbocycles. The highest BCUT2D eigenvalue weighted by Gasteiger charge is 2.41. The van der Waals surface area contributed by atoms with Crippen LogP contribution in [-0.4, -0.2) is 53.3 Å². The van der Waals surface area contributed by atoms with Gasteiger partial charge in [-0.05, 0) is 46.0 Å². The average Bonchev–Trinajstić information content (AvgIpc) is 3.36. The smallest absolute Gasteiger partial charge is 0.341 e. The van der Waals surface area contributed by atoms with Crippen LogP contribution < -0.4 is 10.3 Å². The van der Waals surface area contributed by atoms with Crippen LogP contribution in [0, 0.1) is 5.82 Å². The van der Waals surface area contributed by atoms with Crippen LogP contribution in [0.25, 0.3) is 10.9 Å². The summed E-state index contributed by atoms with van der Waals surface area (Å²) in [6, 6.07) is 3.08. The lowest BCUT2D eigenvalue weighted by Gasteiger charge is -2.53. The maximum atomic E-state index is 14.8. The molecule has 7 heteroatoms. The van der Waals surface area contributed by atoms with Crippen molar-refractivity contribution in [1.82, 2.24) is 9.47 Å². The third kappa shape index (κ3) is 2.49. The van der Waals surface area contributed by atoms with E-state index in [1.807, 2.05) is 23.6 Å². The highest BCUT2D eigenvalue weighted by Crippen LogP contribution is 2.39. The van der Waals surface area contributed by atoms with Crippen molar-refractivity contribution >= 4 is 22.6 Å². The fourth-order valence-electron chi connectivity index (χ4n) is 3.64. The number of aromatic carboxylic acids is 1. The molecule has 2 fully saturated rings. The molecule has 2 heterocycles. The molecule has 1 saturated heterocycles. The van der Waals surface area contributed by atoms with E-state index in [0.29, 0.717) is 24.3 Å². The van der Waals surface area contributed by atoms with Gasteiger partial charge in [-0.25, -0.2) is 9.18 Å². The number of fused-ring (bicyclic) bond motifs is 1. The van der Waals surface area contributed by atoms with Crippen molar-refractivity contribution in [2.24, 2.45) is 0 Å². The molecular formula is C19H22FN3O3. The molecule has 6 nitrogen and oxygen atoms in total. The molecule has 138 valence electrons. The molecule has 1 aliphatic heterocycles. The molecule has 0 spiro atoms. The van der Waals surface area contributed by atoms with Crippen LogP contribution in [0.1, 0.15) is 36.2 Å². The minimum atomic E-state index is -1.28. The highest BCUT2D eigenvalue weighted by atomic mass is 19.1. The van der Waals surface area contributed by atoms with Gasteiger partial charge in [0.2, 0.25) is 5.43 Å². The zero-order valence-electron chi connectivity index (χ0n) is 15.1. The summed E-state index contributed by atoms with van der Waals surface area (Å²) in [6.07, 6.45) is 3.28. The molecule has 26 heavy (non-hydrogen) atoms. The number of halogens is 1.